The fourth-order valence-electron chi connectivity index (χ4n) is 3.76. The molecule has 1 aliphatic carbocycles. The molecule has 0 spiro atoms. The number of ketones is 1. The number of non-ortho nitro benzene ring substituents is 1. The number of nitrogens with zero attached hydrogens (tertiary/aromatic N) is 4. The molecule has 27 heavy (non-hydrogen) atoms. The maximum absolute atomic E-state index is 13.0. The Morgan fingerprint density at radius 1 is 1.30 bits per heavy atom. The molecule has 1 aromatic heterocycles. The van der Waals surface area contributed by atoms with Crippen molar-refractivity contribution in [2.45, 2.75) is 37.9 Å². The zero-order chi connectivity index (χ0) is 19.3. The fraction of sp³-hybridized carbons (Fsp3) is 0.389. The average Bonchev–Trinajstić information content (AvgIpc) is 3.01. The van der Waals surface area contributed by atoms with Crippen LogP contribution in [0.3, 0.4) is 0 Å². The highest BCUT2D eigenvalue weighted by molar-refractivity contribution is 7.98. The molecular formula is C18H19N5O3S. The van der Waals surface area contributed by atoms with Crippen molar-refractivity contribution in [2.24, 2.45) is 5.41 Å². The van der Waals surface area contributed by atoms with E-state index in [1.807, 2.05) is 6.26 Å². The van der Waals surface area contributed by atoms with Gasteiger partial charge in [-0.25, -0.2) is 4.68 Å². The number of carbonyl (C=O) groups is 1. The smallest absolute Gasteiger partial charge is 0.269 e. The molecular weight excluding hydrogens is 366 g/mol. The first-order valence-electron chi connectivity index (χ1n) is 8.57. The topological polar surface area (TPSA) is 103 Å². The molecule has 2 aromatic rings. The lowest BCUT2D eigenvalue weighted by atomic mass is 9.73. The minimum Gasteiger partial charge on any atom is -0.328 e. The van der Waals surface area contributed by atoms with Gasteiger partial charge in [0.25, 0.3) is 5.69 Å². The Hall–Kier alpha value is -2.68. The molecule has 0 unspecified atom stereocenters. The Labute approximate surface area is 160 Å². The van der Waals surface area contributed by atoms with Gasteiger partial charge in [-0.1, -0.05) is 25.6 Å². The molecule has 0 amide bonds. The molecule has 0 saturated carbocycles. The predicted octanol–water partition coefficient (Wildman–Crippen LogP) is 3.57. The van der Waals surface area contributed by atoms with Crippen LogP contribution in [0.25, 0.3) is 0 Å². The van der Waals surface area contributed by atoms with Crippen LogP contribution < -0.4 is 5.32 Å². The number of nitrogens with one attached hydrogen (secondary N) is 1. The highest BCUT2D eigenvalue weighted by Crippen LogP contribution is 2.45. The highest BCUT2D eigenvalue weighted by Gasteiger charge is 2.41. The van der Waals surface area contributed by atoms with Crippen molar-refractivity contribution in [3.8, 4) is 0 Å². The average molecular weight is 385 g/mol. The first kappa shape index (κ1) is 17.7. The number of Topliss-reactive ketones (excluding diaryl/α,β-unsaturated/α-hetero) is 1. The van der Waals surface area contributed by atoms with Crippen LogP contribution in [0.2, 0.25) is 0 Å². The summed E-state index contributed by atoms with van der Waals surface area (Å²) >= 11 is 1.42. The van der Waals surface area contributed by atoms with Crippen LogP contribution >= 0.6 is 11.8 Å². The summed E-state index contributed by atoms with van der Waals surface area (Å²) in [4.78, 5) is 28.1. The molecule has 9 heteroatoms. The highest BCUT2D eigenvalue weighted by atomic mass is 32.2. The summed E-state index contributed by atoms with van der Waals surface area (Å²) < 4.78 is 1.71. The van der Waals surface area contributed by atoms with Crippen LogP contribution in [-0.2, 0) is 4.79 Å². The molecule has 0 radical (unpaired) electrons. The number of hydrogen-bond donors (Lipinski definition) is 1. The third-order valence-corrected chi connectivity index (χ3v) is 5.45. The van der Waals surface area contributed by atoms with Gasteiger partial charge < -0.3 is 5.32 Å². The van der Waals surface area contributed by atoms with Gasteiger partial charge in [-0.05, 0) is 35.8 Å². The molecule has 0 fully saturated rings. The van der Waals surface area contributed by atoms with Gasteiger partial charge in [0.2, 0.25) is 11.1 Å². The maximum Gasteiger partial charge on any atom is 0.269 e. The molecule has 0 saturated heterocycles. The SMILES string of the molecule is CSc1nc2n(n1)[C@@H](c1ccc([N+](=O)[O-])cc1)C1=C(CC(C)(C)CC1=O)N2. The largest absolute Gasteiger partial charge is 0.328 e. The van der Waals surface area contributed by atoms with Crippen LogP contribution in [0, 0.1) is 15.5 Å². The van der Waals surface area contributed by atoms with E-state index in [9.17, 15) is 14.9 Å². The second kappa shape index (κ2) is 6.19. The summed E-state index contributed by atoms with van der Waals surface area (Å²) in [5, 5.41) is 19.4. The standard InChI is InChI=1S/C18H19N5O3S/c1-18(2)8-12-14(13(24)9-18)15(10-4-6-11(7-5-10)23(25)26)22-16(19-12)20-17(21-22)27-3/h4-7,15H,8-9H2,1-3H3,(H,19,20,21)/t15-/m0/s1. The molecule has 2 aliphatic rings. The molecule has 1 N–H and O–H groups in total. The Bertz CT molecular complexity index is 977. The number of benzene rings is 1. The molecule has 140 valence electrons. The Kier molecular flexibility index (Phi) is 4.06. The first-order valence-corrected chi connectivity index (χ1v) is 9.80. The molecule has 0 bridgehead atoms. The predicted molar refractivity (Wildman–Crippen MR) is 102 cm³/mol. The van der Waals surface area contributed by atoms with E-state index in [1.165, 1.54) is 23.9 Å². The molecule has 1 aliphatic heterocycles. The summed E-state index contributed by atoms with van der Waals surface area (Å²) in [7, 11) is 0. The maximum atomic E-state index is 13.0. The van der Waals surface area contributed by atoms with E-state index in [-0.39, 0.29) is 16.9 Å². The van der Waals surface area contributed by atoms with Gasteiger partial charge >= 0.3 is 0 Å². The van der Waals surface area contributed by atoms with E-state index >= 15 is 0 Å². The Balaban J connectivity index is 1.87. The third kappa shape index (κ3) is 3.01. The number of allylic oxidation sites excluding steroid dienone is 2. The summed E-state index contributed by atoms with van der Waals surface area (Å²) in [5.41, 5.74) is 2.21. The quantitative estimate of drug-likeness (QED) is 0.489. The van der Waals surface area contributed by atoms with Gasteiger partial charge in [-0.2, -0.15) is 4.98 Å². The lowest BCUT2D eigenvalue weighted by Crippen LogP contribution is -2.36. The van der Waals surface area contributed by atoms with Gasteiger partial charge in [-0.3, -0.25) is 14.9 Å². The van der Waals surface area contributed by atoms with Crippen LogP contribution in [0.1, 0.15) is 38.3 Å². The first-order chi connectivity index (χ1) is 12.8. The number of thioether (sulfide) groups is 1. The summed E-state index contributed by atoms with van der Waals surface area (Å²) in [5.74, 6) is 0.663. The van der Waals surface area contributed by atoms with Gasteiger partial charge in [0, 0.05) is 29.8 Å². The third-order valence-electron chi connectivity index (χ3n) is 4.91. The van der Waals surface area contributed by atoms with E-state index in [2.05, 4.69) is 29.2 Å². The van der Waals surface area contributed by atoms with E-state index in [1.54, 1.807) is 16.8 Å². The van der Waals surface area contributed by atoms with Crippen LogP contribution in [0.15, 0.2) is 40.7 Å². The molecule has 1 atom stereocenters. The second-order valence-electron chi connectivity index (χ2n) is 7.58. The number of carbonyl (C=O) groups excluding carboxylic acids is 1. The summed E-state index contributed by atoms with van der Waals surface area (Å²) in [6.07, 6.45) is 3.08. The van der Waals surface area contributed by atoms with Gasteiger partial charge in [0.15, 0.2) is 5.78 Å². The lowest BCUT2D eigenvalue weighted by Gasteiger charge is -2.38. The minimum absolute atomic E-state index is 0.0154. The normalized spacial score (nSPS) is 20.7. The second-order valence-corrected chi connectivity index (χ2v) is 8.35. The Morgan fingerprint density at radius 2 is 2.00 bits per heavy atom. The van der Waals surface area contributed by atoms with Crippen molar-refractivity contribution in [1.29, 1.82) is 0 Å². The van der Waals surface area contributed by atoms with Crippen molar-refractivity contribution >= 4 is 29.2 Å². The van der Waals surface area contributed by atoms with Crippen LogP contribution in [-0.4, -0.2) is 31.7 Å². The number of fused-ring (bicyclic) bond motifs is 1. The number of rotatable bonds is 3. The van der Waals surface area contributed by atoms with Gasteiger partial charge in [-0.15, -0.1) is 5.10 Å². The molecule has 4 rings (SSSR count). The van der Waals surface area contributed by atoms with Crippen molar-refractivity contribution in [2.75, 3.05) is 11.6 Å². The van der Waals surface area contributed by atoms with Gasteiger partial charge in [0.1, 0.15) is 6.04 Å². The zero-order valence-electron chi connectivity index (χ0n) is 15.2. The summed E-state index contributed by atoms with van der Waals surface area (Å²) in [6.45, 7) is 4.15. The van der Waals surface area contributed by atoms with Gasteiger partial charge in [0.05, 0.1) is 4.92 Å². The van der Waals surface area contributed by atoms with E-state index < -0.39 is 11.0 Å². The monoisotopic (exact) mass is 385 g/mol. The van der Waals surface area contributed by atoms with E-state index in [0.29, 0.717) is 23.1 Å². The van der Waals surface area contributed by atoms with Crippen LogP contribution in [0.5, 0.6) is 0 Å². The van der Waals surface area contributed by atoms with Crippen molar-refractivity contribution in [3.63, 3.8) is 0 Å². The minimum atomic E-state index is -0.436. The van der Waals surface area contributed by atoms with E-state index in [0.717, 1.165) is 17.7 Å². The molecule has 8 nitrogen and oxygen atoms in total. The zero-order valence-corrected chi connectivity index (χ0v) is 16.0. The lowest BCUT2D eigenvalue weighted by molar-refractivity contribution is -0.384. The van der Waals surface area contributed by atoms with E-state index in [4.69, 9.17) is 0 Å². The van der Waals surface area contributed by atoms with Crippen LogP contribution in [0.4, 0.5) is 11.6 Å². The summed E-state index contributed by atoms with van der Waals surface area (Å²) in [6, 6.07) is 5.86. The van der Waals surface area contributed by atoms with Crippen molar-refractivity contribution in [1.82, 2.24) is 14.8 Å². The van der Waals surface area contributed by atoms with Crippen molar-refractivity contribution < 1.29 is 9.72 Å². The fourth-order valence-corrected chi connectivity index (χ4v) is 4.11. The number of aromatic nitrogens is 3. The number of nitro groups is 1. The number of hydrogen-bond acceptors (Lipinski definition) is 7. The number of anilines is 1. The molecule has 2 heterocycles. The number of nitro benzene ring substituents is 1. The van der Waals surface area contributed by atoms with Crippen molar-refractivity contribution in [3.05, 3.63) is 51.2 Å². The molecule has 1 aromatic carbocycles. The Morgan fingerprint density at radius 3 is 2.63 bits per heavy atom.